The first-order valence-electron chi connectivity index (χ1n) is 7.96. The summed E-state index contributed by atoms with van der Waals surface area (Å²) >= 11 is 0. The molecule has 6 nitrogen and oxygen atoms in total. The van der Waals surface area contributed by atoms with E-state index in [9.17, 15) is 13.2 Å². The van der Waals surface area contributed by atoms with E-state index in [-0.39, 0.29) is 10.8 Å². The van der Waals surface area contributed by atoms with E-state index in [1.807, 2.05) is 7.05 Å². The van der Waals surface area contributed by atoms with Gasteiger partial charge in [0.05, 0.1) is 4.90 Å². The summed E-state index contributed by atoms with van der Waals surface area (Å²) in [5.41, 5.74) is 0.599. The number of nitrogens with one attached hydrogen (secondary N) is 2. The van der Waals surface area contributed by atoms with Gasteiger partial charge in [-0.15, -0.1) is 0 Å². The van der Waals surface area contributed by atoms with Crippen molar-refractivity contribution in [2.24, 2.45) is 5.92 Å². The number of anilines is 1. The minimum Gasteiger partial charge on any atom is -0.326 e. The van der Waals surface area contributed by atoms with Gasteiger partial charge in [0, 0.05) is 25.7 Å². The second-order valence-electron chi connectivity index (χ2n) is 5.95. The van der Waals surface area contributed by atoms with Gasteiger partial charge in [0.1, 0.15) is 0 Å². The van der Waals surface area contributed by atoms with Crippen molar-refractivity contribution in [1.82, 2.24) is 9.62 Å². The predicted octanol–water partition coefficient (Wildman–Crippen LogP) is 1.66. The molecule has 0 bridgehead atoms. The molecule has 0 radical (unpaired) electrons. The van der Waals surface area contributed by atoms with Gasteiger partial charge in [-0.25, -0.2) is 8.42 Å². The summed E-state index contributed by atoms with van der Waals surface area (Å²) in [5.74, 6) is 0.417. The van der Waals surface area contributed by atoms with Crippen LogP contribution in [0.15, 0.2) is 29.2 Å². The van der Waals surface area contributed by atoms with Crippen molar-refractivity contribution in [2.45, 2.75) is 31.1 Å². The van der Waals surface area contributed by atoms with Crippen molar-refractivity contribution in [1.29, 1.82) is 0 Å². The molecular formula is C16H25N3O3S. The fourth-order valence-corrected chi connectivity index (χ4v) is 4.32. The average molecular weight is 339 g/mol. The summed E-state index contributed by atoms with van der Waals surface area (Å²) < 4.78 is 26.9. The van der Waals surface area contributed by atoms with Crippen LogP contribution in [0.1, 0.15) is 26.2 Å². The van der Waals surface area contributed by atoms with E-state index in [4.69, 9.17) is 0 Å². The monoisotopic (exact) mass is 339 g/mol. The van der Waals surface area contributed by atoms with E-state index in [1.165, 1.54) is 6.92 Å². The summed E-state index contributed by atoms with van der Waals surface area (Å²) in [6.07, 6.45) is 2.91. The zero-order chi connectivity index (χ0) is 16.9. The molecule has 2 rings (SSSR count). The summed E-state index contributed by atoms with van der Waals surface area (Å²) in [7, 11) is -1.51. The van der Waals surface area contributed by atoms with Gasteiger partial charge in [-0.05, 0) is 63.0 Å². The SMILES string of the molecule is CNCCC1CCN(S(=O)(=O)c2ccc(NC(C)=O)cc2)CC1. The van der Waals surface area contributed by atoms with Crippen molar-refractivity contribution in [3.63, 3.8) is 0 Å². The summed E-state index contributed by atoms with van der Waals surface area (Å²) in [6, 6.07) is 6.34. The minimum atomic E-state index is -3.45. The van der Waals surface area contributed by atoms with Crippen molar-refractivity contribution in [3.8, 4) is 0 Å². The van der Waals surface area contributed by atoms with Gasteiger partial charge >= 0.3 is 0 Å². The van der Waals surface area contributed by atoms with E-state index in [1.54, 1.807) is 28.6 Å². The van der Waals surface area contributed by atoms with Gasteiger partial charge in [-0.3, -0.25) is 4.79 Å². The molecule has 23 heavy (non-hydrogen) atoms. The fourth-order valence-electron chi connectivity index (χ4n) is 2.85. The second kappa shape index (κ2) is 7.90. The zero-order valence-corrected chi connectivity index (χ0v) is 14.5. The largest absolute Gasteiger partial charge is 0.326 e. The molecule has 1 saturated heterocycles. The predicted molar refractivity (Wildman–Crippen MR) is 90.8 cm³/mol. The highest BCUT2D eigenvalue weighted by atomic mass is 32.2. The molecule has 0 aromatic heterocycles. The smallest absolute Gasteiger partial charge is 0.243 e. The zero-order valence-electron chi connectivity index (χ0n) is 13.7. The lowest BCUT2D eigenvalue weighted by molar-refractivity contribution is -0.114. The van der Waals surface area contributed by atoms with Gasteiger partial charge in [-0.2, -0.15) is 4.31 Å². The van der Waals surface area contributed by atoms with Gasteiger partial charge < -0.3 is 10.6 Å². The number of nitrogens with zero attached hydrogens (tertiary/aromatic N) is 1. The Balaban J connectivity index is 2.00. The molecule has 1 aliphatic rings. The number of hydrogen-bond acceptors (Lipinski definition) is 4. The topological polar surface area (TPSA) is 78.5 Å². The minimum absolute atomic E-state index is 0.177. The Morgan fingerprint density at radius 1 is 1.22 bits per heavy atom. The number of carbonyl (C=O) groups excluding carboxylic acids is 1. The van der Waals surface area contributed by atoms with Crippen LogP contribution in [0.3, 0.4) is 0 Å². The highest BCUT2D eigenvalue weighted by Crippen LogP contribution is 2.26. The Kier molecular flexibility index (Phi) is 6.15. The van der Waals surface area contributed by atoms with Gasteiger partial charge in [0.2, 0.25) is 15.9 Å². The first kappa shape index (κ1) is 17.9. The van der Waals surface area contributed by atoms with Crippen LogP contribution in [0.4, 0.5) is 5.69 Å². The molecule has 2 N–H and O–H groups in total. The third-order valence-corrected chi connectivity index (χ3v) is 6.10. The Labute approximate surface area is 138 Å². The molecule has 0 unspecified atom stereocenters. The number of rotatable bonds is 6. The lowest BCUT2D eigenvalue weighted by atomic mass is 9.95. The van der Waals surface area contributed by atoms with Crippen LogP contribution in [0.2, 0.25) is 0 Å². The lowest BCUT2D eigenvalue weighted by Gasteiger charge is -2.31. The third kappa shape index (κ3) is 4.76. The molecule has 0 atom stereocenters. The highest BCUT2D eigenvalue weighted by molar-refractivity contribution is 7.89. The van der Waals surface area contributed by atoms with Crippen LogP contribution in [0.25, 0.3) is 0 Å². The summed E-state index contributed by atoms with van der Waals surface area (Å²) in [5, 5.41) is 5.77. The molecule has 7 heteroatoms. The van der Waals surface area contributed by atoms with Crippen LogP contribution in [0, 0.1) is 5.92 Å². The molecular weight excluding hydrogens is 314 g/mol. The normalized spacial score (nSPS) is 17.1. The van der Waals surface area contributed by atoms with Crippen LogP contribution in [-0.4, -0.2) is 45.3 Å². The van der Waals surface area contributed by atoms with E-state index in [2.05, 4.69) is 10.6 Å². The molecule has 1 heterocycles. The third-order valence-electron chi connectivity index (χ3n) is 4.19. The average Bonchev–Trinajstić information content (AvgIpc) is 2.53. The fraction of sp³-hybridized carbons (Fsp3) is 0.562. The molecule has 1 amide bonds. The van der Waals surface area contributed by atoms with Gasteiger partial charge in [0.25, 0.3) is 0 Å². The van der Waals surface area contributed by atoms with Crippen LogP contribution < -0.4 is 10.6 Å². The second-order valence-corrected chi connectivity index (χ2v) is 7.88. The number of sulfonamides is 1. The maximum atomic E-state index is 12.7. The highest BCUT2D eigenvalue weighted by Gasteiger charge is 2.29. The number of hydrogen-bond donors (Lipinski definition) is 2. The molecule has 1 aromatic rings. The van der Waals surface area contributed by atoms with E-state index < -0.39 is 10.0 Å². The van der Waals surface area contributed by atoms with Crippen molar-refractivity contribution in [3.05, 3.63) is 24.3 Å². The molecule has 0 spiro atoms. The number of benzene rings is 1. The van der Waals surface area contributed by atoms with Gasteiger partial charge in [-0.1, -0.05) is 0 Å². The van der Waals surface area contributed by atoms with Gasteiger partial charge in [0.15, 0.2) is 0 Å². The first-order chi connectivity index (χ1) is 10.9. The van der Waals surface area contributed by atoms with Crippen LogP contribution >= 0.6 is 0 Å². The molecule has 1 aromatic carbocycles. The molecule has 0 saturated carbocycles. The Morgan fingerprint density at radius 3 is 2.35 bits per heavy atom. The molecule has 1 fully saturated rings. The van der Waals surface area contributed by atoms with Crippen LogP contribution in [0.5, 0.6) is 0 Å². The van der Waals surface area contributed by atoms with Crippen molar-refractivity contribution >= 4 is 21.6 Å². The molecule has 1 aliphatic heterocycles. The maximum absolute atomic E-state index is 12.7. The number of piperidine rings is 1. The number of carbonyl (C=O) groups is 1. The Morgan fingerprint density at radius 2 is 1.83 bits per heavy atom. The van der Waals surface area contributed by atoms with E-state index in [0.717, 1.165) is 25.8 Å². The number of amides is 1. The van der Waals surface area contributed by atoms with Crippen LogP contribution in [-0.2, 0) is 14.8 Å². The molecule has 0 aliphatic carbocycles. The van der Waals surface area contributed by atoms with Crippen molar-refractivity contribution < 1.29 is 13.2 Å². The first-order valence-corrected chi connectivity index (χ1v) is 9.40. The van der Waals surface area contributed by atoms with E-state index >= 15 is 0 Å². The quantitative estimate of drug-likeness (QED) is 0.826. The molecule has 128 valence electrons. The summed E-state index contributed by atoms with van der Waals surface area (Å²) in [6.45, 7) is 3.54. The maximum Gasteiger partial charge on any atom is 0.243 e. The Bertz CT molecular complexity index is 620. The van der Waals surface area contributed by atoms with Crippen molar-refractivity contribution in [2.75, 3.05) is 32.0 Å². The Hall–Kier alpha value is -1.44. The van der Waals surface area contributed by atoms with E-state index in [0.29, 0.717) is 24.7 Å². The summed E-state index contributed by atoms with van der Waals surface area (Å²) in [4.78, 5) is 11.3. The standard InChI is InChI=1S/C16H25N3O3S/c1-13(20)18-15-3-5-16(6-4-15)23(21,22)19-11-8-14(9-12-19)7-10-17-2/h3-6,14,17H,7-12H2,1-2H3,(H,18,20). The lowest BCUT2D eigenvalue weighted by Crippen LogP contribution is -2.38.